The maximum absolute atomic E-state index is 11.7. The lowest BCUT2D eigenvalue weighted by molar-refractivity contribution is 0.0994. The van der Waals surface area contributed by atoms with Crippen molar-refractivity contribution in [2.24, 2.45) is 0 Å². The van der Waals surface area contributed by atoms with E-state index in [4.69, 9.17) is 0 Å². The normalized spacial score (nSPS) is 17.6. The molecule has 0 spiro atoms. The number of hydrogen-bond acceptors (Lipinski definition) is 4. The first-order chi connectivity index (χ1) is 10.8. The molecule has 4 heteroatoms. The average molecular weight is 293 g/mol. The monoisotopic (exact) mass is 293 g/mol. The van der Waals surface area contributed by atoms with Crippen LogP contribution in [0, 0.1) is 0 Å². The molecule has 1 N–H and O–H groups in total. The van der Waals surface area contributed by atoms with E-state index in [-0.39, 0.29) is 5.78 Å². The van der Waals surface area contributed by atoms with Crippen molar-refractivity contribution in [3.63, 3.8) is 0 Å². The molecule has 0 saturated carbocycles. The van der Waals surface area contributed by atoms with Crippen molar-refractivity contribution < 1.29 is 4.79 Å². The van der Waals surface area contributed by atoms with Gasteiger partial charge in [0.25, 0.3) is 0 Å². The number of nitrogens with one attached hydrogen (secondary N) is 1. The number of piperazine rings is 1. The smallest absolute Gasteiger partial charge is 0.163 e. The third-order valence-electron chi connectivity index (χ3n) is 4.55. The molecule has 4 nitrogen and oxygen atoms in total. The van der Waals surface area contributed by atoms with Gasteiger partial charge in [-0.2, -0.15) is 0 Å². The molecule has 1 aromatic heterocycles. The first kappa shape index (κ1) is 13.5. The van der Waals surface area contributed by atoms with Gasteiger partial charge in [0.1, 0.15) is 5.82 Å². The van der Waals surface area contributed by atoms with Gasteiger partial charge in [0.2, 0.25) is 0 Å². The summed E-state index contributed by atoms with van der Waals surface area (Å²) in [5, 5.41) is 3.35. The van der Waals surface area contributed by atoms with Crippen LogP contribution in [0.4, 0.5) is 5.82 Å². The van der Waals surface area contributed by atoms with Crippen molar-refractivity contribution in [1.82, 2.24) is 10.3 Å². The number of carbonyl (C=O) groups excluding carboxylic acids is 1. The minimum absolute atomic E-state index is 0.272. The van der Waals surface area contributed by atoms with Crippen molar-refractivity contribution in [1.29, 1.82) is 0 Å². The summed E-state index contributed by atoms with van der Waals surface area (Å²) in [4.78, 5) is 18.6. The number of nitrogens with zero attached hydrogens (tertiary/aromatic N) is 2. The van der Waals surface area contributed by atoms with Crippen LogP contribution in [-0.2, 0) is 6.42 Å². The van der Waals surface area contributed by atoms with Crippen molar-refractivity contribution in [3.8, 4) is 11.1 Å². The highest BCUT2D eigenvalue weighted by Crippen LogP contribution is 2.28. The Morgan fingerprint density at radius 2 is 1.82 bits per heavy atom. The van der Waals surface area contributed by atoms with Crippen molar-refractivity contribution in [2.45, 2.75) is 12.8 Å². The standard InChI is InChI=1S/C18H19N3O/c22-17-5-2-14-11-13(1-4-16(14)17)15-3-6-18(20-12-15)21-9-7-19-8-10-21/h1,3-4,6,11-12,19H,2,5,7-10H2. The second-order valence-corrected chi connectivity index (χ2v) is 5.94. The second kappa shape index (κ2) is 5.54. The zero-order valence-corrected chi connectivity index (χ0v) is 12.5. The summed E-state index contributed by atoms with van der Waals surface area (Å²) in [6, 6.07) is 10.4. The number of pyridine rings is 1. The lowest BCUT2D eigenvalue weighted by Crippen LogP contribution is -2.43. The van der Waals surface area contributed by atoms with Gasteiger partial charge in [-0.3, -0.25) is 4.79 Å². The summed E-state index contributed by atoms with van der Waals surface area (Å²) in [6.07, 6.45) is 3.46. The predicted molar refractivity (Wildman–Crippen MR) is 87.4 cm³/mol. The molecule has 0 atom stereocenters. The van der Waals surface area contributed by atoms with Crippen molar-refractivity contribution in [3.05, 3.63) is 47.7 Å². The van der Waals surface area contributed by atoms with Crippen LogP contribution in [0.15, 0.2) is 36.5 Å². The third kappa shape index (κ3) is 2.40. The minimum Gasteiger partial charge on any atom is -0.354 e. The lowest BCUT2D eigenvalue weighted by Gasteiger charge is -2.28. The van der Waals surface area contributed by atoms with Crippen LogP contribution >= 0.6 is 0 Å². The van der Waals surface area contributed by atoms with Crippen LogP contribution in [0.1, 0.15) is 22.3 Å². The van der Waals surface area contributed by atoms with E-state index in [0.29, 0.717) is 6.42 Å². The second-order valence-electron chi connectivity index (χ2n) is 5.94. The molecule has 4 rings (SSSR count). The molecular formula is C18H19N3O. The number of benzene rings is 1. The number of anilines is 1. The van der Waals surface area contributed by atoms with Gasteiger partial charge < -0.3 is 10.2 Å². The van der Waals surface area contributed by atoms with Gasteiger partial charge in [0, 0.05) is 49.9 Å². The Kier molecular flexibility index (Phi) is 3.39. The van der Waals surface area contributed by atoms with E-state index in [1.165, 1.54) is 5.56 Å². The minimum atomic E-state index is 0.272. The fourth-order valence-electron chi connectivity index (χ4n) is 3.27. The Morgan fingerprint density at radius 3 is 2.59 bits per heavy atom. The summed E-state index contributed by atoms with van der Waals surface area (Å²) >= 11 is 0. The molecule has 112 valence electrons. The molecule has 0 bridgehead atoms. The molecule has 1 aliphatic carbocycles. The Labute approximate surface area is 130 Å². The Morgan fingerprint density at radius 1 is 1.00 bits per heavy atom. The van der Waals surface area contributed by atoms with Crippen LogP contribution in [-0.4, -0.2) is 36.9 Å². The molecule has 0 radical (unpaired) electrons. The number of hydrogen-bond donors (Lipinski definition) is 1. The Bertz CT molecular complexity index is 703. The van der Waals surface area contributed by atoms with Gasteiger partial charge in [-0.05, 0) is 29.7 Å². The number of fused-ring (bicyclic) bond motifs is 1. The average Bonchev–Trinajstić information content (AvgIpc) is 2.96. The lowest BCUT2D eigenvalue weighted by atomic mass is 10.0. The summed E-state index contributed by atoms with van der Waals surface area (Å²) in [7, 11) is 0. The van der Waals surface area contributed by atoms with E-state index in [2.05, 4.69) is 33.4 Å². The number of carbonyl (C=O) groups is 1. The molecule has 1 saturated heterocycles. The molecular weight excluding hydrogens is 274 g/mol. The largest absolute Gasteiger partial charge is 0.354 e. The van der Waals surface area contributed by atoms with E-state index in [0.717, 1.165) is 55.1 Å². The number of ketones is 1. The molecule has 0 unspecified atom stereocenters. The van der Waals surface area contributed by atoms with E-state index in [1.54, 1.807) is 0 Å². The van der Waals surface area contributed by atoms with Crippen LogP contribution in [0.3, 0.4) is 0 Å². The summed E-state index contributed by atoms with van der Waals surface area (Å²) < 4.78 is 0. The molecule has 2 aliphatic rings. The number of rotatable bonds is 2. The molecule has 1 fully saturated rings. The van der Waals surface area contributed by atoms with Crippen LogP contribution in [0.2, 0.25) is 0 Å². The Hall–Kier alpha value is -2.20. The van der Waals surface area contributed by atoms with Gasteiger partial charge in [0.05, 0.1) is 0 Å². The Balaban J connectivity index is 1.59. The number of aromatic nitrogens is 1. The summed E-state index contributed by atoms with van der Waals surface area (Å²) in [6.45, 7) is 4.05. The van der Waals surface area contributed by atoms with E-state index < -0.39 is 0 Å². The first-order valence-corrected chi connectivity index (χ1v) is 7.89. The zero-order valence-electron chi connectivity index (χ0n) is 12.5. The van der Waals surface area contributed by atoms with Crippen molar-refractivity contribution in [2.75, 3.05) is 31.1 Å². The van der Waals surface area contributed by atoms with E-state index in [1.807, 2.05) is 18.3 Å². The van der Waals surface area contributed by atoms with E-state index >= 15 is 0 Å². The molecule has 1 aromatic carbocycles. The van der Waals surface area contributed by atoms with Gasteiger partial charge >= 0.3 is 0 Å². The van der Waals surface area contributed by atoms with Gasteiger partial charge in [-0.1, -0.05) is 18.2 Å². The fraction of sp³-hybridized carbons (Fsp3) is 0.333. The maximum atomic E-state index is 11.7. The SMILES string of the molecule is O=C1CCc2cc(-c3ccc(N4CCNCC4)nc3)ccc21. The predicted octanol–water partition coefficient (Wildman–Crippen LogP) is 2.29. The zero-order chi connectivity index (χ0) is 14.9. The van der Waals surface area contributed by atoms with Crippen LogP contribution < -0.4 is 10.2 Å². The molecule has 2 heterocycles. The highest BCUT2D eigenvalue weighted by atomic mass is 16.1. The molecule has 22 heavy (non-hydrogen) atoms. The highest BCUT2D eigenvalue weighted by molar-refractivity contribution is 6.00. The van der Waals surface area contributed by atoms with Crippen LogP contribution in [0.25, 0.3) is 11.1 Å². The van der Waals surface area contributed by atoms with Gasteiger partial charge in [-0.15, -0.1) is 0 Å². The van der Waals surface area contributed by atoms with E-state index in [9.17, 15) is 4.79 Å². The summed E-state index contributed by atoms with van der Waals surface area (Å²) in [5.41, 5.74) is 4.33. The molecule has 2 aromatic rings. The third-order valence-corrected chi connectivity index (χ3v) is 4.55. The molecule has 1 aliphatic heterocycles. The van der Waals surface area contributed by atoms with Gasteiger partial charge in [-0.25, -0.2) is 4.98 Å². The van der Waals surface area contributed by atoms with Crippen molar-refractivity contribution >= 4 is 11.6 Å². The van der Waals surface area contributed by atoms with Gasteiger partial charge in [0.15, 0.2) is 5.78 Å². The number of aryl methyl sites for hydroxylation is 1. The number of Topliss-reactive ketones (excluding diaryl/α,β-unsaturated/α-hetero) is 1. The topological polar surface area (TPSA) is 45.2 Å². The maximum Gasteiger partial charge on any atom is 0.163 e. The fourth-order valence-corrected chi connectivity index (χ4v) is 3.27. The van der Waals surface area contributed by atoms with Crippen LogP contribution in [0.5, 0.6) is 0 Å². The highest BCUT2D eigenvalue weighted by Gasteiger charge is 2.19. The quantitative estimate of drug-likeness (QED) is 0.923. The summed E-state index contributed by atoms with van der Waals surface area (Å²) in [5.74, 6) is 1.32. The molecule has 0 amide bonds. The first-order valence-electron chi connectivity index (χ1n) is 7.89.